The molecule has 8 heteroatoms. The summed E-state index contributed by atoms with van der Waals surface area (Å²) in [4.78, 5) is 17.3. The molecule has 3 aromatic rings. The Labute approximate surface area is 212 Å². The number of anilines is 1. The van der Waals surface area contributed by atoms with E-state index in [1.165, 1.54) is 18.2 Å². The average Bonchev–Trinajstić information content (AvgIpc) is 2.88. The van der Waals surface area contributed by atoms with Crippen LogP contribution in [0.3, 0.4) is 0 Å². The van der Waals surface area contributed by atoms with Gasteiger partial charge in [0.05, 0.1) is 16.7 Å². The van der Waals surface area contributed by atoms with Gasteiger partial charge in [-0.05, 0) is 54.8 Å². The van der Waals surface area contributed by atoms with Crippen LogP contribution >= 0.6 is 0 Å². The first kappa shape index (κ1) is 25.9. The molecule has 190 valence electrons. The summed E-state index contributed by atoms with van der Waals surface area (Å²) in [5.74, 6) is -0.550. The van der Waals surface area contributed by atoms with Gasteiger partial charge in [0.1, 0.15) is 5.82 Å². The number of carbonyl (C=O) groups excluding carboxylic acids is 1. The van der Waals surface area contributed by atoms with Crippen LogP contribution in [0, 0.1) is 5.82 Å². The third-order valence-corrected chi connectivity index (χ3v) is 7.61. The highest BCUT2D eigenvalue weighted by Gasteiger charge is 2.27. The molecule has 6 nitrogen and oxygen atoms in total. The van der Waals surface area contributed by atoms with E-state index in [1.54, 1.807) is 17.0 Å². The Balaban J connectivity index is 1.54. The standard InChI is InChI=1S/C28H31FN2O4S/c1-4-35-20(2)22-10-13-27(26(29)18-22)30-14-16-31(17-15-30)28(32)25-19-23(36(3,33)34)11-12-24(25)21-8-6-5-7-9-21/h5-13,18-20H,4,14-17H2,1-3H3. The molecule has 1 aliphatic rings. The number of ether oxygens (including phenoxy) is 1. The molecule has 1 fully saturated rings. The Morgan fingerprint density at radius 3 is 2.31 bits per heavy atom. The van der Waals surface area contributed by atoms with Crippen LogP contribution in [0.25, 0.3) is 11.1 Å². The topological polar surface area (TPSA) is 66.9 Å². The zero-order chi connectivity index (χ0) is 25.9. The Bertz CT molecular complexity index is 1340. The molecule has 1 amide bonds. The van der Waals surface area contributed by atoms with Crippen LogP contribution in [0.2, 0.25) is 0 Å². The first-order valence-electron chi connectivity index (χ1n) is 12.0. The van der Waals surface area contributed by atoms with Crippen LogP contribution in [0.4, 0.5) is 10.1 Å². The fourth-order valence-corrected chi connectivity index (χ4v) is 5.15. The minimum Gasteiger partial charge on any atom is -0.374 e. The minimum atomic E-state index is -3.48. The number of rotatable bonds is 7. The lowest BCUT2D eigenvalue weighted by Crippen LogP contribution is -2.49. The second kappa shape index (κ2) is 10.8. The molecule has 3 aromatic carbocycles. The van der Waals surface area contributed by atoms with Gasteiger partial charge < -0.3 is 14.5 Å². The van der Waals surface area contributed by atoms with Crippen molar-refractivity contribution >= 4 is 21.4 Å². The van der Waals surface area contributed by atoms with Gasteiger partial charge in [-0.15, -0.1) is 0 Å². The summed E-state index contributed by atoms with van der Waals surface area (Å²) >= 11 is 0. The van der Waals surface area contributed by atoms with Crippen LogP contribution < -0.4 is 4.90 Å². The summed E-state index contributed by atoms with van der Waals surface area (Å²) in [6.45, 7) is 6.08. The molecule has 0 spiro atoms. The quantitative estimate of drug-likeness (QED) is 0.450. The largest absolute Gasteiger partial charge is 0.374 e. The highest BCUT2D eigenvalue weighted by atomic mass is 32.2. The van der Waals surface area contributed by atoms with Crippen molar-refractivity contribution in [3.05, 3.63) is 83.7 Å². The molecule has 1 atom stereocenters. The van der Waals surface area contributed by atoms with Crippen molar-refractivity contribution in [2.75, 3.05) is 43.9 Å². The normalized spacial score (nSPS) is 15.1. The molecular weight excluding hydrogens is 479 g/mol. The zero-order valence-corrected chi connectivity index (χ0v) is 21.6. The summed E-state index contributed by atoms with van der Waals surface area (Å²) < 4.78 is 44.9. The van der Waals surface area contributed by atoms with E-state index >= 15 is 0 Å². The molecule has 0 N–H and O–H groups in total. The second-order valence-electron chi connectivity index (χ2n) is 8.93. The first-order valence-corrected chi connectivity index (χ1v) is 13.9. The van der Waals surface area contributed by atoms with Crippen LogP contribution in [-0.2, 0) is 14.6 Å². The Kier molecular flexibility index (Phi) is 7.76. The molecule has 1 unspecified atom stereocenters. The lowest BCUT2D eigenvalue weighted by molar-refractivity contribution is 0.0745. The van der Waals surface area contributed by atoms with Gasteiger partial charge in [-0.25, -0.2) is 12.8 Å². The predicted octanol–water partition coefficient (Wildman–Crippen LogP) is 4.96. The molecule has 1 aliphatic heterocycles. The van der Waals surface area contributed by atoms with Crippen molar-refractivity contribution in [3.8, 4) is 11.1 Å². The summed E-state index contributed by atoms with van der Waals surface area (Å²) in [5, 5.41) is 0. The van der Waals surface area contributed by atoms with Gasteiger partial charge in [0.2, 0.25) is 0 Å². The highest BCUT2D eigenvalue weighted by Crippen LogP contribution is 2.29. The van der Waals surface area contributed by atoms with E-state index in [0.29, 0.717) is 49.6 Å². The van der Waals surface area contributed by atoms with Gasteiger partial charge in [0.15, 0.2) is 9.84 Å². The van der Waals surface area contributed by atoms with Crippen LogP contribution in [0.1, 0.15) is 35.9 Å². The van der Waals surface area contributed by atoms with E-state index in [9.17, 15) is 17.6 Å². The van der Waals surface area contributed by atoms with Gasteiger partial charge in [0, 0.05) is 44.6 Å². The number of carbonyl (C=O) groups is 1. The number of amides is 1. The Morgan fingerprint density at radius 1 is 1.00 bits per heavy atom. The summed E-state index contributed by atoms with van der Waals surface area (Å²) in [6.07, 6.45) is 0.946. The van der Waals surface area contributed by atoms with Crippen LogP contribution in [0.15, 0.2) is 71.6 Å². The lowest BCUT2D eigenvalue weighted by Gasteiger charge is -2.36. The maximum Gasteiger partial charge on any atom is 0.254 e. The molecule has 0 saturated carbocycles. The van der Waals surface area contributed by atoms with E-state index < -0.39 is 9.84 Å². The van der Waals surface area contributed by atoms with Crippen molar-refractivity contribution < 1.29 is 22.3 Å². The number of halogens is 1. The lowest BCUT2D eigenvalue weighted by atomic mass is 9.98. The Morgan fingerprint density at radius 2 is 1.69 bits per heavy atom. The van der Waals surface area contributed by atoms with Crippen molar-refractivity contribution in [2.45, 2.75) is 24.8 Å². The molecule has 1 heterocycles. The molecule has 0 radical (unpaired) electrons. The van der Waals surface area contributed by atoms with Gasteiger partial charge in [-0.3, -0.25) is 4.79 Å². The molecular formula is C28H31FN2O4S. The number of hydrogen-bond donors (Lipinski definition) is 0. The first-order chi connectivity index (χ1) is 17.2. The van der Waals surface area contributed by atoms with Crippen molar-refractivity contribution in [2.24, 2.45) is 0 Å². The predicted molar refractivity (Wildman–Crippen MR) is 140 cm³/mol. The maximum atomic E-state index is 14.9. The van der Waals surface area contributed by atoms with Gasteiger partial charge >= 0.3 is 0 Å². The van der Waals surface area contributed by atoms with Crippen molar-refractivity contribution in [3.63, 3.8) is 0 Å². The SMILES string of the molecule is CCOC(C)c1ccc(N2CCN(C(=O)c3cc(S(C)(=O)=O)ccc3-c3ccccc3)CC2)c(F)c1. The van der Waals surface area contributed by atoms with Crippen LogP contribution in [0.5, 0.6) is 0 Å². The number of nitrogens with zero attached hydrogens (tertiary/aromatic N) is 2. The summed E-state index contributed by atoms with van der Waals surface area (Å²) in [5.41, 5.74) is 3.14. The van der Waals surface area contributed by atoms with Gasteiger partial charge in [-0.2, -0.15) is 0 Å². The fraction of sp³-hybridized carbons (Fsp3) is 0.321. The fourth-order valence-electron chi connectivity index (χ4n) is 4.50. The number of piperazine rings is 1. The molecule has 36 heavy (non-hydrogen) atoms. The summed E-state index contributed by atoms with van der Waals surface area (Å²) in [7, 11) is -3.48. The summed E-state index contributed by atoms with van der Waals surface area (Å²) in [6, 6.07) is 19.3. The number of benzene rings is 3. The van der Waals surface area contributed by atoms with E-state index in [4.69, 9.17) is 4.74 Å². The van der Waals surface area contributed by atoms with E-state index in [-0.39, 0.29) is 22.7 Å². The minimum absolute atomic E-state index is 0.104. The van der Waals surface area contributed by atoms with Crippen molar-refractivity contribution in [1.82, 2.24) is 4.90 Å². The van der Waals surface area contributed by atoms with Crippen molar-refractivity contribution in [1.29, 1.82) is 0 Å². The van der Waals surface area contributed by atoms with Gasteiger partial charge in [-0.1, -0.05) is 42.5 Å². The average molecular weight is 511 g/mol. The zero-order valence-electron chi connectivity index (χ0n) is 20.8. The third-order valence-electron chi connectivity index (χ3n) is 6.50. The third kappa shape index (κ3) is 5.60. The molecule has 4 rings (SSSR count). The Hall–Kier alpha value is -3.23. The second-order valence-corrected chi connectivity index (χ2v) is 10.9. The van der Waals surface area contributed by atoms with Crippen LogP contribution in [-0.4, -0.2) is 58.3 Å². The molecule has 0 aromatic heterocycles. The maximum absolute atomic E-state index is 14.9. The van der Waals surface area contributed by atoms with E-state index in [2.05, 4.69) is 0 Å². The molecule has 1 saturated heterocycles. The van der Waals surface area contributed by atoms with Gasteiger partial charge in [0.25, 0.3) is 5.91 Å². The molecule has 0 bridgehead atoms. The number of hydrogen-bond acceptors (Lipinski definition) is 5. The highest BCUT2D eigenvalue weighted by molar-refractivity contribution is 7.90. The smallest absolute Gasteiger partial charge is 0.254 e. The van der Waals surface area contributed by atoms with E-state index in [1.807, 2.05) is 55.1 Å². The van der Waals surface area contributed by atoms with E-state index in [0.717, 1.165) is 17.4 Å². The monoisotopic (exact) mass is 510 g/mol. The number of sulfone groups is 1. The molecule has 0 aliphatic carbocycles.